The predicted molar refractivity (Wildman–Crippen MR) is 237 cm³/mol. The van der Waals surface area contributed by atoms with Gasteiger partial charge in [-0.15, -0.1) is 0 Å². The van der Waals surface area contributed by atoms with Crippen molar-refractivity contribution < 1.29 is 0 Å². The molecule has 1 aliphatic carbocycles. The molecule has 0 amide bonds. The standard InChI is InChI=1S/C54H44N2/c1-3-37-23-27-48-40(31-37)33-39-15-11-12-20-47(39)50-29-25-45(35-42(50)34-41-32-38(4-2)24-28-49(41)48)55(43-16-7-5-8-17-43)46-26-30-54-52(36-46)51-21-13-14-22-53(51)56(54)44-18-9-6-10-19-44/h5-32,35-36H,3-4,33-34H2,1-2H3. The molecule has 1 heterocycles. The normalized spacial score (nSPS) is 12.1. The van der Waals surface area contributed by atoms with Crippen molar-refractivity contribution in [3.63, 3.8) is 0 Å². The van der Waals surface area contributed by atoms with E-state index in [0.29, 0.717) is 0 Å². The fourth-order valence-electron chi connectivity index (χ4n) is 9.01. The maximum Gasteiger partial charge on any atom is 0.0542 e. The van der Waals surface area contributed by atoms with Crippen molar-refractivity contribution in [2.75, 3.05) is 4.90 Å². The third-order valence-electron chi connectivity index (χ3n) is 11.8. The molecule has 0 atom stereocenters. The van der Waals surface area contributed by atoms with E-state index >= 15 is 0 Å². The van der Waals surface area contributed by atoms with Gasteiger partial charge >= 0.3 is 0 Å². The maximum atomic E-state index is 2.46. The molecule has 0 saturated heterocycles. The van der Waals surface area contributed by atoms with Crippen LogP contribution in [0.2, 0.25) is 0 Å². The van der Waals surface area contributed by atoms with Crippen molar-refractivity contribution >= 4 is 38.9 Å². The molecule has 0 spiro atoms. The van der Waals surface area contributed by atoms with Gasteiger partial charge in [-0.1, -0.05) is 135 Å². The van der Waals surface area contributed by atoms with Crippen molar-refractivity contribution in [2.45, 2.75) is 39.5 Å². The Hall–Kier alpha value is -6.64. The number of anilines is 3. The summed E-state index contributed by atoms with van der Waals surface area (Å²) in [5.74, 6) is 0. The summed E-state index contributed by atoms with van der Waals surface area (Å²) >= 11 is 0. The quantitative estimate of drug-likeness (QED) is 0.166. The number of rotatable bonds is 6. The average molecular weight is 721 g/mol. The molecule has 56 heavy (non-hydrogen) atoms. The van der Waals surface area contributed by atoms with E-state index in [1.807, 2.05) is 0 Å². The minimum Gasteiger partial charge on any atom is -0.310 e. The van der Waals surface area contributed by atoms with Crippen molar-refractivity contribution in [3.8, 4) is 27.9 Å². The Morgan fingerprint density at radius 1 is 0.393 bits per heavy atom. The van der Waals surface area contributed by atoms with Gasteiger partial charge in [0.1, 0.15) is 0 Å². The van der Waals surface area contributed by atoms with E-state index in [1.165, 1.54) is 83.1 Å². The first kappa shape index (κ1) is 33.9. The van der Waals surface area contributed by atoms with Gasteiger partial charge in [-0.05, 0) is 142 Å². The highest BCUT2D eigenvalue weighted by atomic mass is 15.1. The first-order chi connectivity index (χ1) is 27.7. The van der Waals surface area contributed by atoms with Crippen LogP contribution in [0.4, 0.5) is 17.1 Å². The molecule has 0 aliphatic heterocycles. The molecule has 0 N–H and O–H groups in total. The van der Waals surface area contributed by atoms with Gasteiger partial charge in [-0.2, -0.15) is 0 Å². The molecule has 10 rings (SSSR count). The highest BCUT2D eigenvalue weighted by Crippen LogP contribution is 2.43. The lowest BCUT2D eigenvalue weighted by atomic mass is 9.82. The van der Waals surface area contributed by atoms with Crippen LogP contribution in [0.1, 0.15) is 47.2 Å². The lowest BCUT2D eigenvalue weighted by Gasteiger charge is -2.28. The van der Waals surface area contributed by atoms with Gasteiger partial charge in [0.05, 0.1) is 11.0 Å². The predicted octanol–water partition coefficient (Wildman–Crippen LogP) is 14.2. The summed E-state index contributed by atoms with van der Waals surface area (Å²) in [4.78, 5) is 2.43. The number of benzene rings is 8. The maximum absolute atomic E-state index is 2.46. The van der Waals surface area contributed by atoms with Gasteiger partial charge in [0.2, 0.25) is 0 Å². The van der Waals surface area contributed by atoms with Gasteiger partial charge < -0.3 is 9.47 Å². The molecule has 8 aromatic carbocycles. The number of hydrogen-bond acceptors (Lipinski definition) is 1. The molecule has 0 bridgehead atoms. The molecule has 2 nitrogen and oxygen atoms in total. The minimum atomic E-state index is 0.835. The molecule has 0 fully saturated rings. The van der Waals surface area contributed by atoms with Crippen molar-refractivity contribution in [2.24, 2.45) is 0 Å². The van der Waals surface area contributed by atoms with Gasteiger partial charge in [0.15, 0.2) is 0 Å². The van der Waals surface area contributed by atoms with Crippen molar-refractivity contribution in [3.05, 3.63) is 215 Å². The SMILES string of the molecule is CCc1ccc2c(c1)Cc1ccccc1-c1ccc(N(c3ccccc3)c3ccc4c(c3)c3ccccc3n4-c3ccccc3)cc1Cc1cc(CC)ccc1-2. The van der Waals surface area contributed by atoms with E-state index in [-0.39, 0.29) is 0 Å². The van der Waals surface area contributed by atoms with Gasteiger partial charge in [-0.3, -0.25) is 0 Å². The van der Waals surface area contributed by atoms with Crippen molar-refractivity contribution in [1.29, 1.82) is 0 Å². The molecule has 0 radical (unpaired) electrons. The van der Waals surface area contributed by atoms with Gasteiger partial charge in [0.25, 0.3) is 0 Å². The van der Waals surface area contributed by atoms with Crippen LogP contribution in [0.5, 0.6) is 0 Å². The Morgan fingerprint density at radius 2 is 0.911 bits per heavy atom. The minimum absolute atomic E-state index is 0.835. The van der Waals surface area contributed by atoms with Crippen LogP contribution in [0.25, 0.3) is 49.7 Å². The van der Waals surface area contributed by atoms with Crippen LogP contribution < -0.4 is 4.90 Å². The zero-order valence-electron chi connectivity index (χ0n) is 32.0. The first-order valence-electron chi connectivity index (χ1n) is 20.1. The zero-order valence-corrected chi connectivity index (χ0v) is 32.0. The second-order valence-corrected chi connectivity index (χ2v) is 15.1. The summed E-state index contributed by atoms with van der Waals surface area (Å²) in [7, 11) is 0. The van der Waals surface area contributed by atoms with E-state index < -0.39 is 0 Å². The smallest absolute Gasteiger partial charge is 0.0542 e. The number of hydrogen-bond donors (Lipinski definition) is 0. The Morgan fingerprint density at radius 3 is 1.62 bits per heavy atom. The Bertz CT molecular complexity index is 2880. The van der Waals surface area contributed by atoms with Crippen LogP contribution in [0, 0.1) is 0 Å². The number of aromatic nitrogens is 1. The molecule has 9 aromatic rings. The molecule has 270 valence electrons. The lowest BCUT2D eigenvalue weighted by Crippen LogP contribution is -2.11. The molecule has 0 saturated carbocycles. The van der Waals surface area contributed by atoms with Crippen molar-refractivity contribution in [1.82, 2.24) is 4.57 Å². The second kappa shape index (κ2) is 14.2. The average Bonchev–Trinajstić information content (AvgIpc) is 3.58. The topological polar surface area (TPSA) is 8.17 Å². The highest BCUT2D eigenvalue weighted by molar-refractivity contribution is 6.10. The zero-order chi connectivity index (χ0) is 37.6. The fraction of sp³-hybridized carbons (Fsp3) is 0.111. The fourth-order valence-corrected chi connectivity index (χ4v) is 9.01. The Balaban J connectivity index is 1.18. The Kier molecular flexibility index (Phi) is 8.60. The van der Waals surface area contributed by atoms with Crippen LogP contribution in [-0.2, 0) is 25.7 Å². The second-order valence-electron chi connectivity index (χ2n) is 15.1. The van der Waals surface area contributed by atoms with Gasteiger partial charge in [-0.25, -0.2) is 0 Å². The summed E-state index contributed by atoms with van der Waals surface area (Å²) in [6.45, 7) is 4.52. The molecule has 2 heteroatoms. The molecule has 0 unspecified atom stereocenters. The van der Waals surface area contributed by atoms with Crippen LogP contribution >= 0.6 is 0 Å². The molecular weight excluding hydrogens is 677 g/mol. The number of nitrogens with zero attached hydrogens (tertiary/aromatic N) is 2. The highest BCUT2D eigenvalue weighted by Gasteiger charge is 2.22. The van der Waals surface area contributed by atoms with Crippen LogP contribution in [0.15, 0.2) is 182 Å². The summed E-state index contributed by atoms with van der Waals surface area (Å²) in [5.41, 5.74) is 20.6. The Labute approximate surface area is 330 Å². The van der Waals surface area contributed by atoms with E-state index in [4.69, 9.17) is 0 Å². The number of fused-ring (bicyclic) bond motifs is 9. The van der Waals surface area contributed by atoms with Crippen LogP contribution in [0.3, 0.4) is 0 Å². The third-order valence-corrected chi connectivity index (χ3v) is 11.8. The van der Waals surface area contributed by atoms with Gasteiger partial charge in [0, 0.05) is 33.5 Å². The molecule has 1 aliphatic rings. The van der Waals surface area contributed by atoms with E-state index in [9.17, 15) is 0 Å². The first-order valence-corrected chi connectivity index (χ1v) is 20.1. The summed E-state index contributed by atoms with van der Waals surface area (Å²) in [6.07, 6.45) is 3.77. The summed E-state index contributed by atoms with van der Waals surface area (Å²) < 4.78 is 2.39. The van der Waals surface area contributed by atoms with Crippen LogP contribution in [-0.4, -0.2) is 4.57 Å². The molecule has 1 aromatic heterocycles. The number of para-hydroxylation sites is 3. The third kappa shape index (κ3) is 5.90. The molecular formula is C54H44N2. The largest absolute Gasteiger partial charge is 0.310 e. The van der Waals surface area contributed by atoms with E-state index in [2.05, 4.69) is 205 Å². The summed E-state index contributed by atoms with van der Waals surface area (Å²) in [5, 5.41) is 2.49. The van der Waals surface area contributed by atoms with E-state index in [0.717, 1.165) is 42.7 Å². The summed E-state index contributed by atoms with van der Waals surface area (Å²) in [6, 6.07) is 67.8. The lowest BCUT2D eigenvalue weighted by molar-refractivity contribution is 1.09. The number of aryl methyl sites for hydroxylation is 2. The monoisotopic (exact) mass is 720 g/mol. The van der Waals surface area contributed by atoms with E-state index in [1.54, 1.807) is 0 Å².